The minimum Gasteiger partial charge on any atom is -0.311 e. The van der Waals surface area contributed by atoms with E-state index in [4.69, 9.17) is 5.26 Å². The number of rotatable bonds is 5. The van der Waals surface area contributed by atoms with Gasteiger partial charge in [0.15, 0.2) is 0 Å². The number of aromatic nitrogens is 2. The van der Waals surface area contributed by atoms with Gasteiger partial charge in [0.2, 0.25) is 0 Å². The zero-order chi connectivity index (χ0) is 9.52. The Morgan fingerprint density at radius 2 is 2.54 bits per heavy atom. The first-order valence-electron chi connectivity index (χ1n) is 4.39. The van der Waals surface area contributed by atoms with Crippen molar-refractivity contribution in [1.29, 1.82) is 5.26 Å². The Bertz CT molecular complexity index is 284. The molecule has 0 aliphatic rings. The van der Waals surface area contributed by atoms with E-state index >= 15 is 0 Å². The summed E-state index contributed by atoms with van der Waals surface area (Å²) in [6.45, 7) is 1.66. The molecule has 0 aliphatic heterocycles. The lowest BCUT2D eigenvalue weighted by Gasteiger charge is -1.98. The molecular formula is C9H14N4. The van der Waals surface area contributed by atoms with Gasteiger partial charge in [-0.3, -0.25) is 4.68 Å². The number of nitriles is 1. The van der Waals surface area contributed by atoms with Gasteiger partial charge in [-0.1, -0.05) is 0 Å². The lowest BCUT2D eigenvalue weighted by molar-refractivity contribution is 0.634. The summed E-state index contributed by atoms with van der Waals surface area (Å²) < 4.78 is 1.78. The molecule has 1 N–H and O–H groups in total. The van der Waals surface area contributed by atoms with Crippen LogP contribution < -0.4 is 5.32 Å². The van der Waals surface area contributed by atoms with E-state index in [1.54, 1.807) is 4.68 Å². The first-order chi connectivity index (χ1) is 6.33. The van der Waals surface area contributed by atoms with Crippen molar-refractivity contribution in [2.75, 3.05) is 6.54 Å². The van der Waals surface area contributed by atoms with Crippen molar-refractivity contribution in [2.45, 2.75) is 19.4 Å². The maximum Gasteiger partial charge on any atom is 0.0762 e. The third-order valence-electron chi connectivity index (χ3n) is 1.72. The summed E-state index contributed by atoms with van der Waals surface area (Å²) in [6, 6.07) is 4.09. The predicted molar refractivity (Wildman–Crippen MR) is 49.8 cm³/mol. The van der Waals surface area contributed by atoms with E-state index in [0.717, 1.165) is 25.2 Å². The molecular weight excluding hydrogens is 164 g/mol. The average Bonchev–Trinajstić information content (AvgIpc) is 2.51. The van der Waals surface area contributed by atoms with Crippen molar-refractivity contribution in [3.63, 3.8) is 0 Å². The topological polar surface area (TPSA) is 53.6 Å². The second kappa shape index (κ2) is 5.33. The highest BCUT2D eigenvalue weighted by atomic mass is 15.3. The van der Waals surface area contributed by atoms with Crippen molar-refractivity contribution in [1.82, 2.24) is 15.1 Å². The number of hydrogen-bond donors (Lipinski definition) is 1. The second-order valence-corrected chi connectivity index (χ2v) is 2.92. The van der Waals surface area contributed by atoms with Crippen LogP contribution in [0.2, 0.25) is 0 Å². The van der Waals surface area contributed by atoms with Gasteiger partial charge in [-0.25, -0.2) is 0 Å². The van der Waals surface area contributed by atoms with Gasteiger partial charge >= 0.3 is 0 Å². The molecule has 0 saturated carbocycles. The molecule has 0 spiro atoms. The molecule has 0 saturated heterocycles. The Morgan fingerprint density at radius 1 is 1.69 bits per heavy atom. The van der Waals surface area contributed by atoms with Gasteiger partial charge < -0.3 is 5.32 Å². The molecule has 70 valence electrons. The number of aryl methyl sites for hydroxylation is 1. The van der Waals surface area contributed by atoms with Crippen LogP contribution in [-0.4, -0.2) is 16.3 Å². The molecule has 0 unspecified atom stereocenters. The van der Waals surface area contributed by atoms with Crippen molar-refractivity contribution in [3.8, 4) is 6.07 Å². The van der Waals surface area contributed by atoms with Crippen LogP contribution in [0.5, 0.6) is 0 Å². The average molecular weight is 178 g/mol. The van der Waals surface area contributed by atoms with Crippen LogP contribution in [0, 0.1) is 11.3 Å². The number of unbranched alkanes of at least 4 members (excludes halogenated alkanes) is 1. The quantitative estimate of drug-likeness (QED) is 0.679. The first kappa shape index (κ1) is 9.75. The number of nitrogens with zero attached hydrogens (tertiary/aromatic N) is 3. The third kappa shape index (κ3) is 3.72. The van der Waals surface area contributed by atoms with Gasteiger partial charge in [0.1, 0.15) is 0 Å². The molecule has 13 heavy (non-hydrogen) atoms. The molecule has 1 aromatic heterocycles. The summed E-state index contributed by atoms with van der Waals surface area (Å²) in [7, 11) is 1.90. The van der Waals surface area contributed by atoms with E-state index in [0.29, 0.717) is 6.42 Å². The summed E-state index contributed by atoms with van der Waals surface area (Å²) in [5, 5.41) is 15.7. The maximum absolute atomic E-state index is 8.29. The lowest BCUT2D eigenvalue weighted by atomic mass is 10.3. The van der Waals surface area contributed by atoms with Gasteiger partial charge in [0.25, 0.3) is 0 Å². The highest BCUT2D eigenvalue weighted by Crippen LogP contribution is 1.93. The van der Waals surface area contributed by atoms with Crippen LogP contribution in [0.25, 0.3) is 0 Å². The molecule has 0 aromatic carbocycles. The van der Waals surface area contributed by atoms with Gasteiger partial charge in [-0.2, -0.15) is 10.4 Å². The smallest absolute Gasteiger partial charge is 0.0762 e. The molecule has 4 heteroatoms. The molecule has 0 amide bonds. The normalized spacial score (nSPS) is 9.85. The van der Waals surface area contributed by atoms with Crippen LogP contribution in [0.1, 0.15) is 18.5 Å². The van der Waals surface area contributed by atoms with Gasteiger partial charge in [0, 0.05) is 26.2 Å². The Balaban J connectivity index is 2.10. The monoisotopic (exact) mass is 178 g/mol. The van der Waals surface area contributed by atoms with E-state index in [2.05, 4.69) is 16.5 Å². The largest absolute Gasteiger partial charge is 0.311 e. The Labute approximate surface area is 78.2 Å². The third-order valence-corrected chi connectivity index (χ3v) is 1.72. The van der Waals surface area contributed by atoms with Crippen LogP contribution >= 0.6 is 0 Å². The van der Waals surface area contributed by atoms with Gasteiger partial charge in [0.05, 0.1) is 11.8 Å². The van der Waals surface area contributed by atoms with E-state index in [-0.39, 0.29) is 0 Å². The SMILES string of the molecule is Cn1ccc(CNCCCC#N)n1. The lowest BCUT2D eigenvalue weighted by Crippen LogP contribution is -2.15. The van der Waals surface area contributed by atoms with Gasteiger partial charge in [-0.05, 0) is 19.0 Å². The Hall–Kier alpha value is -1.34. The van der Waals surface area contributed by atoms with Crippen molar-refractivity contribution in [3.05, 3.63) is 18.0 Å². The minimum atomic E-state index is 0.620. The number of hydrogen-bond acceptors (Lipinski definition) is 3. The van der Waals surface area contributed by atoms with Crippen molar-refractivity contribution < 1.29 is 0 Å². The fraction of sp³-hybridized carbons (Fsp3) is 0.556. The molecule has 4 nitrogen and oxygen atoms in total. The maximum atomic E-state index is 8.29. The molecule has 0 radical (unpaired) electrons. The van der Waals surface area contributed by atoms with Crippen LogP contribution in [0.3, 0.4) is 0 Å². The molecule has 0 bridgehead atoms. The summed E-state index contributed by atoms with van der Waals surface area (Å²) in [5.74, 6) is 0. The van der Waals surface area contributed by atoms with E-state index in [1.807, 2.05) is 19.3 Å². The summed E-state index contributed by atoms with van der Waals surface area (Å²) >= 11 is 0. The summed E-state index contributed by atoms with van der Waals surface area (Å²) in [5.41, 5.74) is 1.04. The fourth-order valence-corrected chi connectivity index (χ4v) is 1.07. The zero-order valence-corrected chi connectivity index (χ0v) is 7.82. The van der Waals surface area contributed by atoms with Crippen molar-refractivity contribution in [2.24, 2.45) is 7.05 Å². The van der Waals surface area contributed by atoms with Gasteiger partial charge in [-0.15, -0.1) is 0 Å². The van der Waals surface area contributed by atoms with Crippen LogP contribution in [0.15, 0.2) is 12.3 Å². The van der Waals surface area contributed by atoms with Crippen molar-refractivity contribution >= 4 is 0 Å². The summed E-state index contributed by atoms with van der Waals surface area (Å²) in [4.78, 5) is 0. The Morgan fingerprint density at radius 3 is 3.15 bits per heavy atom. The minimum absolute atomic E-state index is 0.620. The number of nitrogens with one attached hydrogen (secondary N) is 1. The molecule has 1 rings (SSSR count). The fourth-order valence-electron chi connectivity index (χ4n) is 1.07. The highest BCUT2D eigenvalue weighted by Gasteiger charge is 1.94. The zero-order valence-electron chi connectivity index (χ0n) is 7.82. The first-order valence-corrected chi connectivity index (χ1v) is 4.39. The molecule has 0 atom stereocenters. The second-order valence-electron chi connectivity index (χ2n) is 2.92. The molecule has 0 aliphatic carbocycles. The molecule has 1 aromatic rings. The van der Waals surface area contributed by atoms with E-state index < -0.39 is 0 Å². The van der Waals surface area contributed by atoms with E-state index in [1.165, 1.54) is 0 Å². The van der Waals surface area contributed by atoms with Crippen LogP contribution in [-0.2, 0) is 13.6 Å². The van der Waals surface area contributed by atoms with Crippen LogP contribution in [0.4, 0.5) is 0 Å². The summed E-state index contributed by atoms with van der Waals surface area (Å²) in [6.07, 6.45) is 3.45. The van der Waals surface area contributed by atoms with E-state index in [9.17, 15) is 0 Å². The Kier molecular flexibility index (Phi) is 4.00. The predicted octanol–water partition coefficient (Wildman–Crippen LogP) is 0.813. The molecule has 1 heterocycles. The standard InChI is InChI=1S/C9H14N4/c1-13-7-4-9(12-13)8-11-6-3-2-5-10/h4,7,11H,2-3,6,8H2,1H3. The highest BCUT2D eigenvalue weighted by molar-refractivity contribution is 4.97. The molecule has 0 fully saturated rings.